The Balaban J connectivity index is 1.68. The Hall–Kier alpha value is -4.06. The lowest BCUT2D eigenvalue weighted by atomic mass is 9.32. The molecule has 2 bridgehead atoms. The van der Waals surface area contributed by atoms with E-state index in [0.717, 1.165) is 20.8 Å². The molecule has 6 aliphatic rings. The van der Waals surface area contributed by atoms with E-state index in [0.29, 0.717) is 0 Å². The van der Waals surface area contributed by atoms with E-state index < -0.39 is 143 Å². The Morgan fingerprint density at radius 2 is 1.62 bits per heavy atom. The van der Waals surface area contributed by atoms with Crippen LogP contribution in [0.2, 0.25) is 0 Å². The normalized spacial score (nSPS) is 47.1. The summed E-state index contributed by atoms with van der Waals surface area (Å²) in [5.74, 6) is -7.11. The molecule has 0 aromatic carbocycles. The molecule has 17 nitrogen and oxygen atoms in total. The topological polar surface area (TPSA) is 252 Å². The third kappa shape index (κ3) is 3.77. The molecule has 0 amide bonds. The fourth-order valence-electron chi connectivity index (χ4n) is 11.9. The molecule has 6 fully saturated rings. The van der Waals surface area contributed by atoms with E-state index >= 15 is 0 Å². The smallest absolute Gasteiger partial charge is 0.472 e. The Kier molecular flexibility index (Phi) is 7.67. The summed E-state index contributed by atoms with van der Waals surface area (Å²) in [6.07, 6.45) is -10.9. The first-order chi connectivity index (χ1) is 24.2. The number of esters is 4. The van der Waals surface area contributed by atoms with Gasteiger partial charge in [0, 0.05) is 56.9 Å². The summed E-state index contributed by atoms with van der Waals surface area (Å²) >= 11 is 0. The van der Waals surface area contributed by atoms with Gasteiger partial charge in [0.2, 0.25) is 5.60 Å². The van der Waals surface area contributed by atoms with Crippen LogP contribution in [0.15, 0.2) is 23.0 Å². The van der Waals surface area contributed by atoms with Crippen molar-refractivity contribution < 1.29 is 82.0 Å². The van der Waals surface area contributed by atoms with Gasteiger partial charge in [-0.3, -0.25) is 24.0 Å². The molecule has 3 heterocycles. The molecule has 4 saturated carbocycles. The minimum atomic E-state index is -2.99. The molecule has 1 spiro atoms. The summed E-state index contributed by atoms with van der Waals surface area (Å²) in [7, 11) is 0. The lowest BCUT2D eigenvalue weighted by molar-refractivity contribution is -0.444. The number of rotatable bonds is 8. The van der Waals surface area contributed by atoms with Crippen LogP contribution < -0.4 is 0 Å². The number of ketones is 1. The molecule has 1 aromatic heterocycles. The molecule has 2 aliphatic heterocycles. The van der Waals surface area contributed by atoms with Crippen molar-refractivity contribution in [2.45, 2.75) is 120 Å². The van der Waals surface area contributed by atoms with Crippen LogP contribution >= 0.6 is 0 Å². The van der Waals surface area contributed by atoms with Crippen molar-refractivity contribution in [3.05, 3.63) is 24.2 Å². The van der Waals surface area contributed by atoms with E-state index in [-0.39, 0.29) is 12.0 Å². The van der Waals surface area contributed by atoms with E-state index in [1.54, 1.807) is 0 Å². The first-order valence-corrected chi connectivity index (χ1v) is 17.1. The van der Waals surface area contributed by atoms with Gasteiger partial charge in [-0.25, -0.2) is 4.79 Å². The number of carbonyl (C=O) groups is 6. The maximum absolute atomic E-state index is 14.1. The first-order valence-electron chi connectivity index (χ1n) is 17.1. The van der Waals surface area contributed by atoms with Gasteiger partial charge in [-0.15, -0.1) is 0 Å². The minimum Gasteiger partial charge on any atom is -0.472 e. The molecule has 4 N–H and O–H groups in total. The summed E-state index contributed by atoms with van der Waals surface area (Å²) in [6.45, 7) is 6.72. The highest BCUT2D eigenvalue weighted by atomic mass is 16.8. The molecular weight excluding hydrogens is 692 g/mol. The van der Waals surface area contributed by atoms with Gasteiger partial charge in [0.1, 0.15) is 30.2 Å². The quantitative estimate of drug-likeness (QED) is 0.210. The highest BCUT2D eigenvalue weighted by Crippen LogP contribution is 2.85. The number of Topliss-reactive ketones (excluding diaryl/α,β-unsaturated/α-hetero) is 1. The SMILES string of the molecule is CCC(=O)CC1C(C)(C(OC(C)=O)c2ccoc2)C(OC(C)=O)C(OC(C)=O)C23OC(=O)OC12C(O)C1(O)C(O)C2(C)CC1(O)C31COC(=O)CC21. The molecule has 0 radical (unpaired) electrons. The van der Waals surface area contributed by atoms with E-state index in [1.165, 1.54) is 39.4 Å². The van der Waals surface area contributed by atoms with Gasteiger partial charge in [0.15, 0.2) is 23.4 Å². The average molecular weight is 735 g/mol. The summed E-state index contributed by atoms with van der Waals surface area (Å²) in [4.78, 5) is 80.4. The van der Waals surface area contributed by atoms with Crippen LogP contribution in [0.25, 0.3) is 0 Å². The number of fused-ring (bicyclic) bond motifs is 2. The average Bonchev–Trinajstić information content (AvgIpc) is 3.79. The van der Waals surface area contributed by atoms with Crippen molar-refractivity contribution in [2.75, 3.05) is 6.61 Å². The van der Waals surface area contributed by atoms with Gasteiger partial charge >= 0.3 is 30.0 Å². The third-order valence-electron chi connectivity index (χ3n) is 13.5. The highest BCUT2D eigenvalue weighted by Gasteiger charge is 3.04. The minimum absolute atomic E-state index is 0.129. The second kappa shape index (κ2) is 11.0. The van der Waals surface area contributed by atoms with E-state index in [1.807, 2.05) is 0 Å². The number of carbonyl (C=O) groups excluding carboxylic acids is 6. The Labute approximate surface area is 296 Å². The second-order valence-electron chi connectivity index (χ2n) is 15.7. The van der Waals surface area contributed by atoms with E-state index in [9.17, 15) is 49.2 Å². The van der Waals surface area contributed by atoms with Crippen LogP contribution in [-0.4, -0.2) is 110 Å². The van der Waals surface area contributed by atoms with Gasteiger partial charge in [-0.05, 0) is 18.4 Å². The molecule has 7 rings (SSSR count). The van der Waals surface area contributed by atoms with Crippen molar-refractivity contribution in [3.63, 3.8) is 0 Å². The van der Waals surface area contributed by atoms with Gasteiger partial charge < -0.3 is 53.3 Å². The van der Waals surface area contributed by atoms with Crippen LogP contribution in [0.5, 0.6) is 0 Å². The molecule has 2 saturated heterocycles. The molecule has 4 aliphatic carbocycles. The van der Waals surface area contributed by atoms with E-state index in [2.05, 4.69) is 0 Å². The molecule has 284 valence electrons. The zero-order chi connectivity index (χ0) is 38.2. The number of aliphatic hydroxyl groups excluding tert-OH is 2. The standard InChI is InChI=1S/C35H42O17/c1-7-19(39)10-21-30(6,23(48-15(2)36)18-8-9-46-12-18)24(49-16(3)37)25(50-17(4)38)35-31-14-47-22(40)11-20(31)29(5)13-32(31,44)33(45,26(29)41)27(42)34(21,35)51-28(43)52-35/h8-9,12,20-21,23-27,41-42,44-45H,7,10-11,13-14H2,1-6H3. The zero-order valence-electron chi connectivity index (χ0n) is 29.4. The summed E-state index contributed by atoms with van der Waals surface area (Å²) < 4.78 is 41.4. The Morgan fingerprint density at radius 3 is 2.19 bits per heavy atom. The summed E-state index contributed by atoms with van der Waals surface area (Å²) in [6, 6.07) is 1.41. The monoisotopic (exact) mass is 734 g/mol. The number of furan rings is 1. The van der Waals surface area contributed by atoms with Crippen LogP contribution in [0.4, 0.5) is 4.79 Å². The van der Waals surface area contributed by atoms with Gasteiger partial charge in [-0.2, -0.15) is 0 Å². The number of cyclic esters (lactones) is 1. The third-order valence-corrected chi connectivity index (χ3v) is 13.5. The first kappa shape index (κ1) is 36.3. The molecule has 14 unspecified atom stereocenters. The number of hydrogen-bond acceptors (Lipinski definition) is 17. The van der Waals surface area contributed by atoms with E-state index in [4.69, 9.17) is 32.8 Å². The van der Waals surface area contributed by atoms with Crippen LogP contribution in [0.3, 0.4) is 0 Å². The van der Waals surface area contributed by atoms with Gasteiger partial charge in [0.25, 0.3) is 0 Å². The van der Waals surface area contributed by atoms with Crippen LogP contribution in [-0.2, 0) is 52.4 Å². The summed E-state index contributed by atoms with van der Waals surface area (Å²) in [5.41, 5.74) is -17.0. The lowest BCUT2D eigenvalue weighted by Crippen LogP contribution is -2.97. The number of ether oxygens (including phenoxy) is 6. The molecule has 52 heavy (non-hydrogen) atoms. The largest absolute Gasteiger partial charge is 0.509 e. The maximum Gasteiger partial charge on any atom is 0.509 e. The number of aliphatic hydroxyl groups is 4. The molecular formula is C35H42O17. The lowest BCUT2D eigenvalue weighted by Gasteiger charge is -2.76. The predicted octanol–water partition coefficient (Wildman–Crippen LogP) is 0.568. The van der Waals surface area contributed by atoms with Crippen LogP contribution in [0.1, 0.15) is 78.9 Å². The van der Waals surface area contributed by atoms with Crippen molar-refractivity contribution in [3.8, 4) is 0 Å². The van der Waals surface area contributed by atoms with Crippen molar-refractivity contribution in [1.82, 2.24) is 0 Å². The highest BCUT2D eigenvalue weighted by molar-refractivity contribution is 5.80. The Morgan fingerprint density at radius 1 is 0.962 bits per heavy atom. The maximum atomic E-state index is 14.1. The fourth-order valence-corrected chi connectivity index (χ4v) is 11.9. The Bertz CT molecular complexity index is 1760. The molecule has 17 heteroatoms. The zero-order valence-corrected chi connectivity index (χ0v) is 29.4. The van der Waals surface area contributed by atoms with Crippen molar-refractivity contribution in [1.29, 1.82) is 0 Å². The number of hydrogen-bond donors (Lipinski definition) is 4. The van der Waals surface area contributed by atoms with Gasteiger partial charge in [-0.1, -0.05) is 20.8 Å². The second-order valence-corrected chi connectivity index (χ2v) is 15.7. The summed E-state index contributed by atoms with van der Waals surface area (Å²) in [5, 5.41) is 50.9. The molecule has 1 aromatic rings. The van der Waals surface area contributed by atoms with Crippen molar-refractivity contribution in [2.24, 2.45) is 28.1 Å². The van der Waals surface area contributed by atoms with Crippen molar-refractivity contribution >= 4 is 35.8 Å². The molecule has 14 atom stereocenters. The van der Waals surface area contributed by atoms with Gasteiger partial charge in [0.05, 0.1) is 29.5 Å². The van der Waals surface area contributed by atoms with Crippen LogP contribution in [0, 0.1) is 28.1 Å². The fraction of sp³-hybridized carbons (Fsp3) is 0.714. The predicted molar refractivity (Wildman–Crippen MR) is 165 cm³/mol.